The highest BCUT2D eigenvalue weighted by molar-refractivity contribution is 5.73. The van der Waals surface area contributed by atoms with E-state index in [2.05, 4.69) is 32.0 Å². The van der Waals surface area contributed by atoms with Crippen LogP contribution in [0.2, 0.25) is 0 Å². The van der Waals surface area contributed by atoms with Crippen LogP contribution in [0.15, 0.2) is 60.7 Å². The van der Waals surface area contributed by atoms with Gasteiger partial charge in [-0.3, -0.25) is 0 Å². The van der Waals surface area contributed by atoms with E-state index in [4.69, 9.17) is 14.2 Å². The number of benzene rings is 3. The van der Waals surface area contributed by atoms with Gasteiger partial charge in [-0.15, -0.1) is 0 Å². The molecule has 1 unspecified atom stereocenters. The third-order valence-electron chi connectivity index (χ3n) is 5.45. The molecule has 0 bridgehead atoms. The summed E-state index contributed by atoms with van der Waals surface area (Å²) in [6, 6.07) is 20.2. The second kappa shape index (κ2) is 9.33. The summed E-state index contributed by atoms with van der Waals surface area (Å²) in [6.45, 7) is 6.02. The van der Waals surface area contributed by atoms with Gasteiger partial charge in [-0.1, -0.05) is 36.4 Å². The summed E-state index contributed by atoms with van der Waals surface area (Å²) in [4.78, 5) is 0. The second-order valence-corrected chi connectivity index (χ2v) is 7.79. The topological polar surface area (TPSA) is 47.9 Å². The zero-order chi connectivity index (χ0) is 20.9. The highest BCUT2D eigenvalue weighted by atomic mass is 16.5. The SMILES string of the molecule is Cc1cc(OC2CCOC2)cc(C)c1-c1ccc(OCc2ccccc2)c(CO)c1. The van der Waals surface area contributed by atoms with Crippen LogP contribution in [-0.4, -0.2) is 24.4 Å². The summed E-state index contributed by atoms with van der Waals surface area (Å²) in [5.74, 6) is 1.59. The maximum Gasteiger partial charge on any atom is 0.125 e. The Kier molecular flexibility index (Phi) is 6.36. The monoisotopic (exact) mass is 404 g/mol. The summed E-state index contributed by atoms with van der Waals surface area (Å²) >= 11 is 0. The zero-order valence-electron chi connectivity index (χ0n) is 17.6. The molecule has 4 rings (SSSR count). The first kappa shape index (κ1) is 20.5. The Bertz CT molecular complexity index is 968. The summed E-state index contributed by atoms with van der Waals surface area (Å²) in [5, 5.41) is 9.92. The average molecular weight is 405 g/mol. The number of rotatable bonds is 7. The second-order valence-electron chi connectivity index (χ2n) is 7.79. The van der Waals surface area contributed by atoms with E-state index in [0.29, 0.717) is 19.0 Å². The molecule has 156 valence electrons. The van der Waals surface area contributed by atoms with Crippen LogP contribution in [0.25, 0.3) is 11.1 Å². The fraction of sp³-hybridized carbons (Fsp3) is 0.308. The van der Waals surface area contributed by atoms with Crippen molar-refractivity contribution in [2.75, 3.05) is 13.2 Å². The summed E-state index contributed by atoms with van der Waals surface area (Å²) in [6.07, 6.45) is 1.07. The minimum absolute atomic E-state index is 0.0705. The van der Waals surface area contributed by atoms with Crippen LogP contribution in [-0.2, 0) is 18.0 Å². The van der Waals surface area contributed by atoms with E-state index >= 15 is 0 Å². The molecule has 1 saturated heterocycles. The van der Waals surface area contributed by atoms with Gasteiger partial charge >= 0.3 is 0 Å². The van der Waals surface area contributed by atoms with Gasteiger partial charge in [0.05, 0.1) is 19.8 Å². The van der Waals surface area contributed by atoms with Crippen molar-refractivity contribution in [3.8, 4) is 22.6 Å². The molecule has 1 atom stereocenters. The molecule has 1 aliphatic heterocycles. The van der Waals surface area contributed by atoms with E-state index in [1.807, 2.05) is 42.5 Å². The standard InChI is InChI=1S/C26H28O4/c1-18-12-24(30-23-10-11-28-17-23)13-19(2)26(18)21-8-9-25(22(14-21)15-27)29-16-20-6-4-3-5-7-20/h3-9,12-14,23,27H,10-11,15-17H2,1-2H3. The molecule has 0 spiro atoms. The van der Waals surface area contributed by atoms with Crippen LogP contribution in [0.4, 0.5) is 0 Å². The Labute approximate surface area is 178 Å². The molecule has 0 aliphatic carbocycles. The number of ether oxygens (including phenoxy) is 3. The average Bonchev–Trinajstić information content (AvgIpc) is 3.26. The molecule has 4 nitrogen and oxygen atoms in total. The van der Waals surface area contributed by atoms with Gasteiger partial charge in [0.1, 0.15) is 24.2 Å². The number of aliphatic hydroxyl groups excluding tert-OH is 1. The Morgan fingerprint density at radius 2 is 1.77 bits per heavy atom. The molecule has 1 fully saturated rings. The van der Waals surface area contributed by atoms with Crippen molar-refractivity contribution in [1.29, 1.82) is 0 Å². The van der Waals surface area contributed by atoms with Gasteiger partial charge in [0.2, 0.25) is 0 Å². The zero-order valence-corrected chi connectivity index (χ0v) is 17.6. The van der Waals surface area contributed by atoms with E-state index in [1.54, 1.807) is 0 Å². The van der Waals surface area contributed by atoms with Crippen LogP contribution in [0, 0.1) is 13.8 Å². The summed E-state index contributed by atoms with van der Waals surface area (Å²) in [7, 11) is 0. The lowest BCUT2D eigenvalue weighted by Gasteiger charge is -2.18. The van der Waals surface area contributed by atoms with Crippen LogP contribution < -0.4 is 9.47 Å². The molecule has 3 aromatic carbocycles. The van der Waals surface area contributed by atoms with Crippen molar-refractivity contribution in [2.24, 2.45) is 0 Å². The van der Waals surface area contributed by atoms with Crippen molar-refractivity contribution >= 4 is 0 Å². The van der Waals surface area contributed by atoms with E-state index in [9.17, 15) is 5.11 Å². The van der Waals surface area contributed by atoms with Crippen LogP contribution in [0.3, 0.4) is 0 Å². The Morgan fingerprint density at radius 3 is 2.43 bits per heavy atom. The summed E-state index contributed by atoms with van der Waals surface area (Å²) in [5.41, 5.74) is 6.40. The predicted molar refractivity (Wildman–Crippen MR) is 118 cm³/mol. The number of aryl methyl sites for hydroxylation is 2. The van der Waals surface area contributed by atoms with Gasteiger partial charge in [0.15, 0.2) is 0 Å². The van der Waals surface area contributed by atoms with Gasteiger partial charge in [-0.05, 0) is 65.9 Å². The number of aliphatic hydroxyl groups is 1. The molecule has 1 N–H and O–H groups in total. The first-order valence-corrected chi connectivity index (χ1v) is 10.4. The molecular weight excluding hydrogens is 376 g/mol. The molecule has 1 heterocycles. The quantitative estimate of drug-likeness (QED) is 0.587. The lowest BCUT2D eigenvalue weighted by molar-refractivity contribution is 0.141. The Balaban J connectivity index is 1.55. The fourth-order valence-corrected chi connectivity index (χ4v) is 3.98. The molecule has 0 amide bonds. The van der Waals surface area contributed by atoms with E-state index in [1.165, 1.54) is 0 Å². The van der Waals surface area contributed by atoms with Crippen molar-refractivity contribution < 1.29 is 19.3 Å². The fourth-order valence-electron chi connectivity index (χ4n) is 3.98. The number of hydrogen-bond donors (Lipinski definition) is 1. The molecule has 4 heteroatoms. The lowest BCUT2D eigenvalue weighted by atomic mass is 9.94. The largest absolute Gasteiger partial charge is 0.489 e. The highest BCUT2D eigenvalue weighted by Crippen LogP contribution is 2.34. The molecular formula is C26H28O4. The van der Waals surface area contributed by atoms with Crippen LogP contribution in [0.5, 0.6) is 11.5 Å². The van der Waals surface area contributed by atoms with Gasteiger partial charge in [-0.25, -0.2) is 0 Å². The molecule has 3 aromatic rings. The van der Waals surface area contributed by atoms with Crippen molar-refractivity contribution in [3.63, 3.8) is 0 Å². The van der Waals surface area contributed by atoms with Crippen molar-refractivity contribution in [2.45, 2.75) is 39.6 Å². The van der Waals surface area contributed by atoms with Gasteiger partial charge in [-0.2, -0.15) is 0 Å². The van der Waals surface area contributed by atoms with E-state index < -0.39 is 0 Å². The normalized spacial score (nSPS) is 15.9. The van der Waals surface area contributed by atoms with E-state index in [-0.39, 0.29) is 12.7 Å². The minimum atomic E-state index is -0.0705. The first-order chi connectivity index (χ1) is 14.6. The van der Waals surface area contributed by atoms with Crippen molar-refractivity contribution in [3.05, 3.63) is 82.9 Å². The maximum atomic E-state index is 9.92. The van der Waals surface area contributed by atoms with Gasteiger partial charge in [0.25, 0.3) is 0 Å². The first-order valence-electron chi connectivity index (χ1n) is 10.4. The van der Waals surface area contributed by atoms with E-state index in [0.717, 1.165) is 52.2 Å². The van der Waals surface area contributed by atoms with Crippen LogP contribution >= 0.6 is 0 Å². The summed E-state index contributed by atoms with van der Waals surface area (Å²) < 4.78 is 17.5. The molecule has 1 aliphatic rings. The Morgan fingerprint density at radius 1 is 1.00 bits per heavy atom. The van der Waals surface area contributed by atoms with Gasteiger partial charge < -0.3 is 19.3 Å². The molecule has 30 heavy (non-hydrogen) atoms. The van der Waals surface area contributed by atoms with Crippen molar-refractivity contribution in [1.82, 2.24) is 0 Å². The third-order valence-corrected chi connectivity index (χ3v) is 5.45. The molecule has 0 saturated carbocycles. The minimum Gasteiger partial charge on any atom is -0.489 e. The Hall–Kier alpha value is -2.82. The lowest BCUT2D eigenvalue weighted by Crippen LogP contribution is -2.15. The number of hydrogen-bond acceptors (Lipinski definition) is 4. The maximum absolute atomic E-state index is 9.92. The smallest absolute Gasteiger partial charge is 0.125 e. The predicted octanol–water partition coefficient (Wildman–Crippen LogP) is 5.21. The molecule has 0 aromatic heterocycles. The third kappa shape index (κ3) is 4.66. The van der Waals surface area contributed by atoms with Crippen LogP contribution in [0.1, 0.15) is 28.7 Å². The molecule has 0 radical (unpaired) electrons. The highest BCUT2D eigenvalue weighted by Gasteiger charge is 2.18. The van der Waals surface area contributed by atoms with Gasteiger partial charge in [0, 0.05) is 12.0 Å².